The highest BCUT2D eigenvalue weighted by atomic mass is 32.2. The maximum absolute atomic E-state index is 13.9. The minimum atomic E-state index is -1.74. The Hall–Kier alpha value is -5.24. The molecule has 0 radical (unpaired) electrons. The van der Waals surface area contributed by atoms with Crippen LogP contribution < -0.4 is 15.4 Å². The molecule has 0 bridgehead atoms. The van der Waals surface area contributed by atoms with E-state index in [2.05, 4.69) is 27.5 Å². The van der Waals surface area contributed by atoms with Crippen LogP contribution in [0.15, 0.2) is 102 Å². The zero-order valence-corrected chi connectivity index (χ0v) is 35.2. The van der Waals surface area contributed by atoms with E-state index < -0.39 is 46.8 Å². The third kappa shape index (κ3) is 12.1. The normalized spacial score (nSPS) is 13.6. The van der Waals surface area contributed by atoms with E-state index in [1.165, 1.54) is 67.5 Å². The Morgan fingerprint density at radius 3 is 2.03 bits per heavy atom. The van der Waals surface area contributed by atoms with Gasteiger partial charge < -0.3 is 25.6 Å². The van der Waals surface area contributed by atoms with Crippen molar-refractivity contribution in [3.63, 3.8) is 0 Å². The molecule has 0 saturated carbocycles. The van der Waals surface area contributed by atoms with E-state index in [9.17, 15) is 28.8 Å². The topological polar surface area (TPSA) is 168 Å². The Bertz CT molecular complexity index is 2150. The summed E-state index contributed by atoms with van der Waals surface area (Å²) in [5.41, 5.74) is 3.27. The van der Waals surface area contributed by atoms with Gasteiger partial charge in [-0.3, -0.25) is 13.8 Å². The smallest absolute Gasteiger partial charge is 0.329 e. The van der Waals surface area contributed by atoms with Gasteiger partial charge in [-0.25, -0.2) is 14.8 Å². The number of carbonyl (C=O) groups excluding carboxylic acids is 2. The molecule has 2 aromatic heterocycles. The van der Waals surface area contributed by atoms with Crippen LogP contribution in [-0.4, -0.2) is 67.1 Å². The van der Waals surface area contributed by atoms with Crippen LogP contribution in [0.5, 0.6) is 5.75 Å². The third-order valence-electron chi connectivity index (χ3n) is 9.63. The predicted molar refractivity (Wildman–Crippen MR) is 228 cm³/mol. The Balaban J connectivity index is 1.29. The molecule has 58 heavy (non-hydrogen) atoms. The first kappa shape index (κ1) is 43.9. The van der Waals surface area contributed by atoms with Crippen LogP contribution in [0.2, 0.25) is 0 Å². The maximum atomic E-state index is 13.9. The van der Waals surface area contributed by atoms with Crippen LogP contribution in [0.1, 0.15) is 91.6 Å². The summed E-state index contributed by atoms with van der Waals surface area (Å²) in [6, 6.07) is 21.7. The van der Waals surface area contributed by atoms with Crippen molar-refractivity contribution in [2.24, 2.45) is 0 Å². The number of unbranched alkanes of at least 4 members (excludes halogenated alkanes) is 4. The van der Waals surface area contributed by atoms with Gasteiger partial charge in [0.05, 0.1) is 11.5 Å². The molecule has 4 atom stereocenters. The molecule has 2 amide bonds. The highest BCUT2D eigenvalue weighted by Gasteiger charge is 2.33. The number of amides is 2. The molecule has 0 aliphatic carbocycles. The highest BCUT2D eigenvalue weighted by molar-refractivity contribution is 7.84. The molecule has 0 aliphatic rings. The molecule has 4 N–H and O–H groups in total. The molecule has 11 nitrogen and oxygen atoms in total. The molecule has 0 saturated heterocycles. The van der Waals surface area contributed by atoms with Gasteiger partial charge in [-0.1, -0.05) is 102 Å². The molecule has 13 heteroatoms. The van der Waals surface area contributed by atoms with Crippen molar-refractivity contribution in [2.45, 2.75) is 94.7 Å². The molecule has 4 unspecified atom stereocenters. The zero-order chi connectivity index (χ0) is 41.8. The average Bonchev–Trinajstić information content (AvgIpc) is 3.73. The van der Waals surface area contributed by atoms with Gasteiger partial charge in [0.2, 0.25) is 5.91 Å². The molecular weight excluding hydrogens is 773 g/mol. The Kier molecular flexibility index (Phi) is 15.5. The fourth-order valence-corrected chi connectivity index (χ4v) is 7.66. The molecule has 0 aliphatic heterocycles. The summed E-state index contributed by atoms with van der Waals surface area (Å²) in [7, 11) is -1.27. The Morgan fingerprint density at radius 2 is 1.45 bits per heavy atom. The van der Waals surface area contributed by atoms with E-state index in [1.807, 2.05) is 63.2 Å². The van der Waals surface area contributed by atoms with Crippen molar-refractivity contribution in [3.8, 4) is 28.3 Å². The number of aliphatic carboxylic acids is 1. The van der Waals surface area contributed by atoms with Crippen molar-refractivity contribution in [3.05, 3.63) is 118 Å². The van der Waals surface area contributed by atoms with Gasteiger partial charge in [-0.2, -0.15) is 0 Å². The number of benzene rings is 3. The largest absolute Gasteiger partial charge is 0.494 e. The number of aliphatic hydroxyl groups excluding tert-OH is 1. The second-order valence-electron chi connectivity index (χ2n) is 15.2. The van der Waals surface area contributed by atoms with Crippen LogP contribution in [-0.2, 0) is 32.2 Å². The summed E-state index contributed by atoms with van der Waals surface area (Å²) in [6.07, 6.45) is 9.35. The third-order valence-corrected chi connectivity index (χ3v) is 12.1. The number of ether oxygens (including phenoxy) is 1. The maximum Gasteiger partial charge on any atom is 0.329 e. The van der Waals surface area contributed by atoms with E-state index >= 15 is 0 Å². The van der Waals surface area contributed by atoms with Gasteiger partial charge in [0, 0.05) is 56.8 Å². The van der Waals surface area contributed by atoms with E-state index in [-0.39, 0.29) is 17.4 Å². The molecule has 3 aromatic carbocycles. The standard InChI is InChI=1S/C45H52N4O7S2/c1-6-7-8-9-10-25-56-34-19-15-30(16-20-34)33-27-46-41(47-28-33)32-13-11-29(12-14-32)26-36(48-43(52)37-23-24-38(57-37)45(2,3)4)42(51)49-39(44(53)54)40(50)31-17-21-35(22-18-31)58(5)55/h11-24,27-28,36,39-40,50H,6-10,25-26H2,1-5H3,(H,48,52)(H,49,51)(H,53,54). The number of nitrogens with one attached hydrogen (secondary N) is 2. The summed E-state index contributed by atoms with van der Waals surface area (Å²) < 4.78 is 17.7. The number of hydrogen-bond donors (Lipinski definition) is 4. The number of carboxylic acid groups (broad SMARTS) is 1. The van der Waals surface area contributed by atoms with Crippen LogP contribution >= 0.6 is 11.3 Å². The number of aromatic nitrogens is 2. The van der Waals surface area contributed by atoms with E-state index in [0.29, 0.717) is 27.8 Å². The van der Waals surface area contributed by atoms with Gasteiger partial charge in [0.1, 0.15) is 17.9 Å². The van der Waals surface area contributed by atoms with E-state index in [4.69, 9.17) is 4.74 Å². The van der Waals surface area contributed by atoms with Crippen LogP contribution in [0, 0.1) is 0 Å². The number of thiophene rings is 1. The molecule has 2 heterocycles. The van der Waals surface area contributed by atoms with Crippen LogP contribution in [0.3, 0.4) is 0 Å². The second-order valence-corrected chi connectivity index (χ2v) is 17.7. The Morgan fingerprint density at radius 1 is 0.810 bits per heavy atom. The predicted octanol–water partition coefficient (Wildman–Crippen LogP) is 7.90. The first-order chi connectivity index (χ1) is 27.7. The SMILES string of the molecule is CCCCCCCOc1ccc(-c2cnc(-c3ccc(CC(NC(=O)c4ccc(C(C)(C)C)s4)C(=O)NC(C(=O)O)C(O)c4ccc(S(C)=O)cc4)cc3)nc2)cc1. The monoisotopic (exact) mass is 824 g/mol. The van der Waals surface area contributed by atoms with Crippen LogP contribution in [0.4, 0.5) is 0 Å². The van der Waals surface area contributed by atoms with Gasteiger partial charge in [0.25, 0.3) is 5.91 Å². The lowest BCUT2D eigenvalue weighted by molar-refractivity contribution is -0.145. The van der Waals surface area contributed by atoms with Crippen molar-refractivity contribution in [1.82, 2.24) is 20.6 Å². The van der Waals surface area contributed by atoms with Gasteiger partial charge in [-0.15, -0.1) is 11.3 Å². The molecule has 0 spiro atoms. The molecule has 306 valence electrons. The van der Waals surface area contributed by atoms with Gasteiger partial charge in [0.15, 0.2) is 11.9 Å². The van der Waals surface area contributed by atoms with Gasteiger partial charge in [-0.05, 0) is 64.9 Å². The number of carboxylic acids is 1. The number of hydrogen-bond acceptors (Lipinski definition) is 9. The molecular formula is C45H52N4O7S2. The van der Waals surface area contributed by atoms with Crippen molar-refractivity contribution >= 4 is 39.9 Å². The summed E-state index contributed by atoms with van der Waals surface area (Å²) in [6.45, 7) is 9.02. The number of rotatable bonds is 19. The first-order valence-corrected chi connectivity index (χ1v) is 21.8. The average molecular weight is 825 g/mol. The quantitative estimate of drug-likeness (QED) is 0.0606. The van der Waals surface area contributed by atoms with E-state index in [0.717, 1.165) is 33.7 Å². The number of aliphatic hydroxyl groups is 1. The molecule has 5 aromatic rings. The van der Waals surface area contributed by atoms with Crippen molar-refractivity contribution < 1.29 is 33.5 Å². The highest BCUT2D eigenvalue weighted by Crippen LogP contribution is 2.30. The summed E-state index contributed by atoms with van der Waals surface area (Å²) in [5, 5.41) is 26.4. The summed E-state index contributed by atoms with van der Waals surface area (Å²) in [4.78, 5) is 50.8. The number of carbonyl (C=O) groups is 3. The van der Waals surface area contributed by atoms with Gasteiger partial charge >= 0.3 is 5.97 Å². The minimum absolute atomic E-state index is 0.0210. The zero-order valence-electron chi connectivity index (χ0n) is 33.6. The first-order valence-electron chi connectivity index (χ1n) is 19.4. The fourth-order valence-electron chi connectivity index (χ4n) is 6.17. The lowest BCUT2D eigenvalue weighted by Crippen LogP contribution is -2.54. The Labute approximate surface area is 346 Å². The van der Waals surface area contributed by atoms with E-state index in [1.54, 1.807) is 30.6 Å². The molecule has 5 rings (SSSR count). The fraction of sp³-hybridized carbons (Fsp3) is 0.356. The molecule has 0 fully saturated rings. The lowest BCUT2D eigenvalue weighted by Gasteiger charge is -2.25. The van der Waals surface area contributed by atoms with Crippen LogP contribution in [0.25, 0.3) is 22.5 Å². The van der Waals surface area contributed by atoms with Crippen molar-refractivity contribution in [2.75, 3.05) is 12.9 Å². The second kappa shape index (κ2) is 20.4. The lowest BCUT2D eigenvalue weighted by atomic mass is 9.95. The number of nitrogens with zero attached hydrogens (tertiary/aromatic N) is 2. The minimum Gasteiger partial charge on any atom is -0.494 e. The van der Waals surface area contributed by atoms with Crippen molar-refractivity contribution in [1.29, 1.82) is 0 Å². The summed E-state index contributed by atoms with van der Waals surface area (Å²) >= 11 is 1.32. The summed E-state index contributed by atoms with van der Waals surface area (Å²) in [5.74, 6) is -1.41.